The average molecular weight is 221 g/mol. The summed E-state index contributed by atoms with van der Waals surface area (Å²) < 4.78 is 14.4. The Morgan fingerprint density at radius 2 is 1.94 bits per heavy atom. The topological polar surface area (TPSA) is 52.6 Å². The SMILES string of the molecule is N=C(C1CCCCC1)n1cc(F)ccc1=N. The normalized spacial score (nSPS) is 17.3. The molecule has 16 heavy (non-hydrogen) atoms. The van der Waals surface area contributed by atoms with Gasteiger partial charge in [-0.1, -0.05) is 19.3 Å². The molecule has 1 aliphatic rings. The largest absolute Gasteiger partial charge is 0.288 e. The van der Waals surface area contributed by atoms with Crippen molar-refractivity contribution in [2.24, 2.45) is 5.92 Å². The molecule has 1 fully saturated rings. The van der Waals surface area contributed by atoms with Gasteiger partial charge in [-0.2, -0.15) is 0 Å². The van der Waals surface area contributed by atoms with E-state index in [-0.39, 0.29) is 11.4 Å². The summed E-state index contributed by atoms with van der Waals surface area (Å²) in [5.74, 6) is 0.158. The van der Waals surface area contributed by atoms with E-state index in [4.69, 9.17) is 10.8 Å². The first-order valence-electron chi connectivity index (χ1n) is 5.70. The van der Waals surface area contributed by atoms with Crippen molar-refractivity contribution in [3.8, 4) is 0 Å². The summed E-state index contributed by atoms with van der Waals surface area (Å²) in [5.41, 5.74) is 0.178. The number of aromatic nitrogens is 1. The Morgan fingerprint density at radius 3 is 2.62 bits per heavy atom. The van der Waals surface area contributed by atoms with E-state index in [0.717, 1.165) is 25.7 Å². The quantitative estimate of drug-likeness (QED) is 0.541. The zero-order valence-electron chi connectivity index (χ0n) is 9.17. The molecule has 1 aromatic rings. The van der Waals surface area contributed by atoms with Gasteiger partial charge in [-0.3, -0.25) is 15.4 Å². The highest BCUT2D eigenvalue weighted by atomic mass is 19.1. The molecule has 1 aromatic heterocycles. The van der Waals surface area contributed by atoms with E-state index in [0.29, 0.717) is 5.84 Å². The van der Waals surface area contributed by atoms with Gasteiger partial charge in [0.15, 0.2) is 0 Å². The fourth-order valence-corrected chi connectivity index (χ4v) is 2.25. The lowest BCUT2D eigenvalue weighted by atomic mass is 9.88. The zero-order chi connectivity index (χ0) is 11.5. The fraction of sp³-hybridized carbons (Fsp3) is 0.500. The van der Waals surface area contributed by atoms with E-state index in [1.165, 1.54) is 29.3 Å². The van der Waals surface area contributed by atoms with Crippen LogP contribution in [-0.4, -0.2) is 10.4 Å². The van der Waals surface area contributed by atoms with Gasteiger partial charge in [-0.25, -0.2) is 4.39 Å². The molecule has 2 rings (SSSR count). The van der Waals surface area contributed by atoms with E-state index in [2.05, 4.69) is 0 Å². The van der Waals surface area contributed by atoms with Crippen molar-refractivity contribution in [2.45, 2.75) is 32.1 Å². The lowest BCUT2D eigenvalue weighted by Gasteiger charge is -2.23. The molecule has 4 heteroatoms. The minimum absolute atomic E-state index is 0.178. The van der Waals surface area contributed by atoms with Crippen LogP contribution in [0.5, 0.6) is 0 Å². The average Bonchev–Trinajstić information content (AvgIpc) is 2.32. The molecule has 1 heterocycles. The van der Waals surface area contributed by atoms with Crippen LogP contribution >= 0.6 is 0 Å². The molecule has 1 saturated carbocycles. The van der Waals surface area contributed by atoms with Crippen LogP contribution < -0.4 is 5.49 Å². The first kappa shape index (κ1) is 11.0. The summed E-state index contributed by atoms with van der Waals surface area (Å²) >= 11 is 0. The van der Waals surface area contributed by atoms with E-state index >= 15 is 0 Å². The molecule has 0 bridgehead atoms. The molecule has 0 saturated heterocycles. The smallest absolute Gasteiger partial charge is 0.139 e. The Kier molecular flexibility index (Phi) is 3.17. The van der Waals surface area contributed by atoms with Gasteiger partial charge < -0.3 is 0 Å². The first-order valence-corrected chi connectivity index (χ1v) is 5.70. The molecule has 0 amide bonds. The van der Waals surface area contributed by atoms with Gasteiger partial charge >= 0.3 is 0 Å². The molecule has 0 spiro atoms. The van der Waals surface area contributed by atoms with E-state index in [1.54, 1.807) is 0 Å². The molecule has 0 unspecified atom stereocenters. The Balaban J connectivity index is 2.25. The van der Waals surface area contributed by atoms with E-state index < -0.39 is 5.82 Å². The van der Waals surface area contributed by atoms with Crippen LogP contribution in [0, 0.1) is 22.6 Å². The van der Waals surface area contributed by atoms with Crippen LogP contribution in [0.1, 0.15) is 32.1 Å². The van der Waals surface area contributed by atoms with Crippen LogP contribution in [0.15, 0.2) is 18.3 Å². The third-order valence-electron chi connectivity index (χ3n) is 3.16. The van der Waals surface area contributed by atoms with E-state index in [9.17, 15) is 4.39 Å². The molecule has 2 N–H and O–H groups in total. The van der Waals surface area contributed by atoms with Gasteiger partial charge in [0.25, 0.3) is 0 Å². The Morgan fingerprint density at radius 1 is 1.25 bits per heavy atom. The maximum atomic E-state index is 13.1. The second-order valence-corrected chi connectivity index (χ2v) is 4.32. The number of halogens is 1. The summed E-state index contributed by atoms with van der Waals surface area (Å²) in [6.07, 6.45) is 6.71. The third kappa shape index (κ3) is 2.21. The number of rotatable bonds is 1. The molecular weight excluding hydrogens is 205 g/mol. The van der Waals surface area contributed by atoms with Gasteiger partial charge in [0.05, 0.1) is 0 Å². The number of hydrogen-bond acceptors (Lipinski definition) is 2. The highest BCUT2D eigenvalue weighted by Gasteiger charge is 2.19. The number of nitrogens with zero attached hydrogens (tertiary/aromatic N) is 1. The maximum Gasteiger partial charge on any atom is 0.139 e. The second kappa shape index (κ2) is 4.60. The summed E-state index contributed by atoms with van der Waals surface area (Å²) in [7, 11) is 0. The van der Waals surface area contributed by atoms with Crippen LogP contribution in [-0.2, 0) is 0 Å². The molecule has 1 aliphatic carbocycles. The van der Waals surface area contributed by atoms with Gasteiger partial charge in [0.1, 0.15) is 17.1 Å². The lowest BCUT2D eigenvalue weighted by molar-refractivity contribution is 0.430. The van der Waals surface area contributed by atoms with Crippen molar-refractivity contribution in [1.82, 2.24) is 4.57 Å². The van der Waals surface area contributed by atoms with Crippen molar-refractivity contribution in [1.29, 1.82) is 10.8 Å². The Hall–Kier alpha value is -1.45. The van der Waals surface area contributed by atoms with Crippen molar-refractivity contribution in [2.75, 3.05) is 0 Å². The predicted molar refractivity (Wildman–Crippen MR) is 59.9 cm³/mol. The number of nitrogens with one attached hydrogen (secondary N) is 2. The van der Waals surface area contributed by atoms with Gasteiger partial charge in [-0.15, -0.1) is 0 Å². The van der Waals surface area contributed by atoms with Crippen LogP contribution in [0.2, 0.25) is 0 Å². The minimum atomic E-state index is -0.392. The molecule has 86 valence electrons. The molecule has 0 aromatic carbocycles. The fourth-order valence-electron chi connectivity index (χ4n) is 2.25. The number of pyridine rings is 1. The number of hydrogen-bond donors (Lipinski definition) is 2. The highest BCUT2D eigenvalue weighted by molar-refractivity contribution is 5.83. The molecule has 0 aliphatic heterocycles. The standard InChI is InChI=1S/C12H16FN3/c13-10-6-7-11(14)16(8-10)12(15)9-4-2-1-3-5-9/h6-9,14-15H,1-5H2. The van der Waals surface area contributed by atoms with Gasteiger partial charge in [-0.05, 0) is 25.0 Å². The molecular formula is C12H16FN3. The van der Waals surface area contributed by atoms with Crippen LogP contribution in [0.25, 0.3) is 0 Å². The zero-order valence-corrected chi connectivity index (χ0v) is 9.17. The summed E-state index contributed by atoms with van der Waals surface area (Å²) in [4.78, 5) is 0. The lowest BCUT2D eigenvalue weighted by Crippen LogP contribution is -2.32. The summed E-state index contributed by atoms with van der Waals surface area (Å²) in [6.45, 7) is 0. The van der Waals surface area contributed by atoms with Gasteiger partial charge in [0, 0.05) is 12.1 Å². The van der Waals surface area contributed by atoms with Crippen molar-refractivity contribution in [3.05, 3.63) is 29.6 Å². The third-order valence-corrected chi connectivity index (χ3v) is 3.16. The van der Waals surface area contributed by atoms with Gasteiger partial charge in [0.2, 0.25) is 0 Å². The van der Waals surface area contributed by atoms with Crippen LogP contribution in [0.4, 0.5) is 4.39 Å². The monoisotopic (exact) mass is 221 g/mol. The predicted octanol–water partition coefficient (Wildman–Crippen LogP) is 2.51. The highest BCUT2D eigenvalue weighted by Crippen LogP contribution is 2.24. The minimum Gasteiger partial charge on any atom is -0.288 e. The molecule has 3 nitrogen and oxygen atoms in total. The molecule has 0 atom stereocenters. The van der Waals surface area contributed by atoms with Crippen molar-refractivity contribution < 1.29 is 4.39 Å². The van der Waals surface area contributed by atoms with Crippen molar-refractivity contribution in [3.63, 3.8) is 0 Å². The summed E-state index contributed by atoms with van der Waals surface area (Å²) in [5, 5.41) is 15.7. The first-order chi connectivity index (χ1) is 7.68. The van der Waals surface area contributed by atoms with E-state index in [1.807, 2.05) is 0 Å². The van der Waals surface area contributed by atoms with Crippen molar-refractivity contribution >= 4 is 5.84 Å². The molecule has 0 radical (unpaired) electrons. The Labute approximate surface area is 93.9 Å². The maximum absolute atomic E-state index is 13.1. The Bertz CT molecular complexity index is 444. The summed E-state index contributed by atoms with van der Waals surface area (Å²) in [6, 6.07) is 2.65. The van der Waals surface area contributed by atoms with Crippen LogP contribution in [0.3, 0.4) is 0 Å². The second-order valence-electron chi connectivity index (χ2n) is 4.32.